The van der Waals surface area contributed by atoms with E-state index in [1.165, 1.54) is 4.88 Å². The molecule has 0 unspecified atom stereocenters. The van der Waals surface area contributed by atoms with Crippen LogP contribution in [0.4, 0.5) is 0 Å². The minimum Gasteiger partial charge on any atom is -0.320 e. The van der Waals surface area contributed by atoms with Crippen molar-refractivity contribution in [1.82, 2.24) is 0 Å². The van der Waals surface area contributed by atoms with E-state index in [2.05, 4.69) is 18.8 Å². The second-order valence-electron chi connectivity index (χ2n) is 1.90. The van der Waals surface area contributed by atoms with Gasteiger partial charge in [-0.1, -0.05) is 11.8 Å². The van der Waals surface area contributed by atoms with Crippen LogP contribution in [0.3, 0.4) is 0 Å². The molecule has 0 radical (unpaired) electrons. The smallest absolute Gasteiger partial charge is 0.0555 e. The molecule has 0 saturated carbocycles. The first-order valence-corrected chi connectivity index (χ1v) is 3.95. The van der Waals surface area contributed by atoms with E-state index in [9.17, 15) is 0 Å². The fourth-order valence-corrected chi connectivity index (χ4v) is 1.32. The van der Waals surface area contributed by atoms with Crippen molar-refractivity contribution >= 4 is 11.3 Å². The van der Waals surface area contributed by atoms with Gasteiger partial charge in [0.05, 0.1) is 6.54 Å². The van der Waals surface area contributed by atoms with Crippen LogP contribution in [0.2, 0.25) is 0 Å². The molecule has 0 atom stereocenters. The molecule has 1 aromatic rings. The van der Waals surface area contributed by atoms with Gasteiger partial charge in [0.25, 0.3) is 0 Å². The van der Waals surface area contributed by atoms with E-state index in [1.54, 1.807) is 11.3 Å². The van der Waals surface area contributed by atoms with E-state index in [0.717, 1.165) is 5.56 Å². The highest BCUT2D eigenvalue weighted by atomic mass is 32.1. The lowest BCUT2D eigenvalue weighted by atomic mass is 10.3. The van der Waals surface area contributed by atoms with Crippen molar-refractivity contribution in [2.75, 3.05) is 6.54 Å². The van der Waals surface area contributed by atoms with Gasteiger partial charge < -0.3 is 5.73 Å². The molecule has 0 saturated heterocycles. The Morgan fingerprint density at radius 3 is 3.00 bits per heavy atom. The van der Waals surface area contributed by atoms with Gasteiger partial charge in [-0.2, -0.15) is 0 Å². The lowest BCUT2D eigenvalue weighted by molar-refractivity contribution is 1.30. The standard InChI is InChI=1S/C8H9NS/c1-7-8(3-2-5-9)4-6-10-7/h4,6H,5,9H2,1H3. The maximum atomic E-state index is 5.22. The fraction of sp³-hybridized carbons (Fsp3) is 0.250. The van der Waals surface area contributed by atoms with Crippen molar-refractivity contribution in [2.24, 2.45) is 5.73 Å². The molecule has 2 N–H and O–H groups in total. The maximum Gasteiger partial charge on any atom is 0.0555 e. The molecule has 0 fully saturated rings. The Kier molecular flexibility index (Phi) is 2.49. The highest BCUT2D eigenvalue weighted by Crippen LogP contribution is 2.12. The van der Waals surface area contributed by atoms with Gasteiger partial charge >= 0.3 is 0 Å². The van der Waals surface area contributed by atoms with E-state index in [0.29, 0.717) is 6.54 Å². The summed E-state index contributed by atoms with van der Waals surface area (Å²) in [5.41, 5.74) is 6.33. The zero-order valence-corrected chi connectivity index (χ0v) is 6.66. The molecule has 1 nitrogen and oxygen atoms in total. The zero-order chi connectivity index (χ0) is 7.40. The van der Waals surface area contributed by atoms with Gasteiger partial charge in [0.1, 0.15) is 0 Å². The molecule has 10 heavy (non-hydrogen) atoms. The number of hydrogen-bond donors (Lipinski definition) is 1. The highest BCUT2D eigenvalue weighted by molar-refractivity contribution is 7.10. The van der Waals surface area contributed by atoms with Crippen molar-refractivity contribution in [1.29, 1.82) is 0 Å². The average Bonchev–Trinajstić information content (AvgIpc) is 2.31. The Bertz CT molecular complexity index is 264. The molecule has 0 bridgehead atoms. The van der Waals surface area contributed by atoms with Crippen LogP contribution in [0.25, 0.3) is 0 Å². The van der Waals surface area contributed by atoms with Crippen LogP contribution >= 0.6 is 11.3 Å². The Balaban J connectivity index is 2.84. The third-order valence-corrected chi connectivity index (χ3v) is 2.03. The molecular formula is C8H9NS. The van der Waals surface area contributed by atoms with Gasteiger partial charge in [0.15, 0.2) is 0 Å². The van der Waals surface area contributed by atoms with Gasteiger partial charge in [-0.05, 0) is 18.4 Å². The normalized spacial score (nSPS) is 8.60. The van der Waals surface area contributed by atoms with Crippen LogP contribution in [-0.4, -0.2) is 6.54 Å². The summed E-state index contributed by atoms with van der Waals surface area (Å²) in [5, 5.41) is 2.04. The van der Waals surface area contributed by atoms with E-state index in [4.69, 9.17) is 5.73 Å². The SMILES string of the molecule is Cc1sccc1C#CCN. The summed E-state index contributed by atoms with van der Waals surface area (Å²) >= 11 is 1.71. The topological polar surface area (TPSA) is 26.0 Å². The molecule has 52 valence electrons. The number of nitrogens with two attached hydrogens (primary N) is 1. The number of aryl methyl sites for hydroxylation is 1. The fourth-order valence-electron chi connectivity index (χ4n) is 0.661. The van der Waals surface area contributed by atoms with Gasteiger partial charge in [-0.3, -0.25) is 0 Å². The minimum atomic E-state index is 0.440. The van der Waals surface area contributed by atoms with Crippen LogP contribution in [0.5, 0.6) is 0 Å². The highest BCUT2D eigenvalue weighted by Gasteiger charge is 1.91. The summed E-state index contributed by atoms with van der Waals surface area (Å²) in [4.78, 5) is 1.26. The molecule has 1 rings (SSSR count). The van der Waals surface area contributed by atoms with Crippen LogP contribution in [-0.2, 0) is 0 Å². The van der Waals surface area contributed by atoms with E-state index in [1.807, 2.05) is 11.4 Å². The van der Waals surface area contributed by atoms with E-state index >= 15 is 0 Å². The zero-order valence-electron chi connectivity index (χ0n) is 5.85. The van der Waals surface area contributed by atoms with Crippen molar-refractivity contribution in [2.45, 2.75) is 6.92 Å². The third kappa shape index (κ3) is 1.60. The summed E-state index contributed by atoms with van der Waals surface area (Å²) in [6.07, 6.45) is 0. The van der Waals surface area contributed by atoms with Crippen molar-refractivity contribution < 1.29 is 0 Å². The summed E-state index contributed by atoms with van der Waals surface area (Å²) in [6, 6.07) is 2.02. The van der Waals surface area contributed by atoms with E-state index < -0.39 is 0 Å². The Morgan fingerprint density at radius 1 is 1.70 bits per heavy atom. The summed E-state index contributed by atoms with van der Waals surface area (Å²) in [5.74, 6) is 5.80. The largest absolute Gasteiger partial charge is 0.320 e. The maximum absolute atomic E-state index is 5.22. The second kappa shape index (κ2) is 3.40. The van der Waals surface area contributed by atoms with Crippen LogP contribution < -0.4 is 5.73 Å². The van der Waals surface area contributed by atoms with E-state index in [-0.39, 0.29) is 0 Å². The summed E-state index contributed by atoms with van der Waals surface area (Å²) in [6.45, 7) is 2.50. The second-order valence-corrected chi connectivity index (χ2v) is 3.02. The van der Waals surface area contributed by atoms with Crippen molar-refractivity contribution in [3.8, 4) is 11.8 Å². The molecule has 0 amide bonds. The van der Waals surface area contributed by atoms with Crippen LogP contribution in [0.1, 0.15) is 10.4 Å². The third-order valence-electron chi connectivity index (χ3n) is 1.18. The number of hydrogen-bond acceptors (Lipinski definition) is 2. The quantitative estimate of drug-likeness (QED) is 0.557. The molecule has 0 aliphatic carbocycles. The Hall–Kier alpha value is -0.780. The predicted octanol–water partition coefficient (Wildman–Crippen LogP) is 1.37. The molecule has 0 aromatic carbocycles. The van der Waals surface area contributed by atoms with Gasteiger partial charge in [0, 0.05) is 10.4 Å². The number of rotatable bonds is 0. The molecule has 1 heterocycles. The molecule has 0 spiro atoms. The Morgan fingerprint density at radius 2 is 2.50 bits per heavy atom. The molecule has 1 aromatic heterocycles. The Labute approximate surface area is 64.9 Å². The molecule has 0 aliphatic rings. The van der Waals surface area contributed by atoms with Gasteiger partial charge in [-0.15, -0.1) is 11.3 Å². The molecular weight excluding hydrogens is 142 g/mol. The minimum absolute atomic E-state index is 0.440. The average molecular weight is 151 g/mol. The first-order chi connectivity index (χ1) is 4.84. The van der Waals surface area contributed by atoms with Gasteiger partial charge in [-0.25, -0.2) is 0 Å². The summed E-state index contributed by atoms with van der Waals surface area (Å²) < 4.78 is 0. The van der Waals surface area contributed by atoms with Crippen LogP contribution in [0.15, 0.2) is 11.4 Å². The summed E-state index contributed by atoms with van der Waals surface area (Å²) in [7, 11) is 0. The van der Waals surface area contributed by atoms with Gasteiger partial charge in [0.2, 0.25) is 0 Å². The van der Waals surface area contributed by atoms with Crippen molar-refractivity contribution in [3.05, 3.63) is 21.9 Å². The first-order valence-electron chi connectivity index (χ1n) is 3.07. The predicted molar refractivity (Wildman–Crippen MR) is 45.0 cm³/mol. The lowest BCUT2D eigenvalue weighted by Gasteiger charge is -1.82. The monoisotopic (exact) mass is 151 g/mol. The first kappa shape index (κ1) is 7.33. The lowest BCUT2D eigenvalue weighted by Crippen LogP contribution is -1.92. The van der Waals surface area contributed by atoms with Crippen molar-refractivity contribution in [3.63, 3.8) is 0 Å². The molecule has 0 aliphatic heterocycles. The number of thiophene rings is 1. The molecule has 2 heteroatoms. The van der Waals surface area contributed by atoms with Crippen LogP contribution in [0, 0.1) is 18.8 Å².